The zero-order valence-electron chi connectivity index (χ0n) is 28.0. The lowest BCUT2D eigenvalue weighted by atomic mass is 9.86. The summed E-state index contributed by atoms with van der Waals surface area (Å²) in [6.07, 6.45) is 0.925. The Morgan fingerprint density at radius 3 is 2.39 bits per heavy atom. The molecule has 1 aliphatic heterocycles. The predicted molar refractivity (Wildman–Crippen MR) is 190 cm³/mol. The molecule has 0 radical (unpaired) electrons. The fraction of sp³-hybridized carbons (Fsp3) is 0.472. The van der Waals surface area contributed by atoms with E-state index in [1.165, 1.54) is 18.4 Å². The molecule has 2 aromatic heterocycles. The van der Waals surface area contributed by atoms with Gasteiger partial charge in [0.2, 0.25) is 5.95 Å². The summed E-state index contributed by atoms with van der Waals surface area (Å²) in [6, 6.07) is 17.7. The molecule has 0 amide bonds. The maximum atomic E-state index is 12.9. The van der Waals surface area contributed by atoms with Gasteiger partial charge in [0.1, 0.15) is 24.0 Å². The van der Waals surface area contributed by atoms with Crippen LogP contribution in [0.5, 0.6) is 5.75 Å². The Morgan fingerprint density at radius 1 is 0.959 bits per heavy atom. The Bertz CT molecular complexity index is 1670. The molecule has 2 N–H and O–H groups in total. The van der Waals surface area contributed by atoms with Crippen molar-refractivity contribution in [1.82, 2.24) is 25.2 Å². The fourth-order valence-electron chi connectivity index (χ4n) is 6.58. The number of alkyl halides is 3. The van der Waals surface area contributed by atoms with E-state index in [9.17, 15) is 13.2 Å². The fourth-order valence-corrected chi connectivity index (χ4v) is 6.86. The second-order valence-electron chi connectivity index (χ2n) is 13.1. The second-order valence-corrected chi connectivity index (χ2v) is 13.5. The molecule has 0 atom stereocenters. The Morgan fingerprint density at radius 2 is 1.69 bits per heavy atom. The molecule has 0 bridgehead atoms. The number of ether oxygens (including phenoxy) is 1. The summed E-state index contributed by atoms with van der Waals surface area (Å²) in [4.78, 5) is 19.8. The highest BCUT2D eigenvalue weighted by Crippen LogP contribution is 2.34. The van der Waals surface area contributed by atoms with E-state index >= 15 is 0 Å². The van der Waals surface area contributed by atoms with Crippen molar-refractivity contribution in [3.63, 3.8) is 0 Å². The minimum atomic E-state index is -4.46. The summed E-state index contributed by atoms with van der Waals surface area (Å²) >= 11 is 6.13. The number of hydrogen-bond acceptors (Lipinski definition) is 9. The van der Waals surface area contributed by atoms with Crippen LogP contribution in [0.3, 0.4) is 0 Å². The highest BCUT2D eigenvalue weighted by molar-refractivity contribution is 6.33. The van der Waals surface area contributed by atoms with Gasteiger partial charge < -0.3 is 25.2 Å². The standard InChI is InChI=1S/C36H44ClF3N8O/c1-46(2)33-30-5-3-4-6-32(30)44-35(45-33)43-28-11-7-25(8-12-28)22-41-23-26-9-13-29(14-10-26)49-20-19-47-15-17-48(18-16-47)34-31(37)21-27(24-42-34)36(38,39)40/h3-6,9-10,13-14,21,24-25,28,41H,7-8,11-12,15-20,22-23H2,1-2H3,(H,43,44,45)/t25-,28+. The molecule has 13 heteroatoms. The van der Waals surface area contributed by atoms with E-state index in [-0.39, 0.29) is 5.02 Å². The van der Waals surface area contributed by atoms with Crippen molar-refractivity contribution in [2.75, 3.05) is 75.1 Å². The SMILES string of the molecule is CN(C)c1nc(N[C@H]2CC[C@@H](CNCc3ccc(OCCN4CCN(c5ncc(C(F)(F)F)cc5Cl)CC4)cc3)CC2)nc2ccccc12. The van der Waals surface area contributed by atoms with Crippen LogP contribution < -0.4 is 25.2 Å². The van der Waals surface area contributed by atoms with Crippen LogP contribution in [0.25, 0.3) is 10.9 Å². The number of piperazine rings is 1. The molecule has 6 rings (SSSR count). The maximum Gasteiger partial charge on any atom is 0.417 e. The van der Waals surface area contributed by atoms with Crippen molar-refractivity contribution in [1.29, 1.82) is 0 Å². The number of fused-ring (bicyclic) bond motifs is 1. The average molecular weight is 697 g/mol. The Hall–Kier alpha value is -3.87. The Balaban J connectivity index is 0.861. The summed E-state index contributed by atoms with van der Waals surface area (Å²) in [7, 11) is 4.03. The third-order valence-corrected chi connectivity index (χ3v) is 9.65. The zero-order chi connectivity index (χ0) is 34.4. The van der Waals surface area contributed by atoms with Crippen molar-refractivity contribution in [2.45, 2.75) is 44.4 Å². The van der Waals surface area contributed by atoms with Crippen LogP contribution in [0.1, 0.15) is 36.8 Å². The van der Waals surface area contributed by atoms with Gasteiger partial charge in [0.25, 0.3) is 0 Å². The van der Waals surface area contributed by atoms with E-state index < -0.39 is 11.7 Å². The highest BCUT2D eigenvalue weighted by Gasteiger charge is 2.32. The lowest BCUT2D eigenvalue weighted by Gasteiger charge is -2.35. The van der Waals surface area contributed by atoms with E-state index in [1.807, 2.05) is 54.2 Å². The van der Waals surface area contributed by atoms with Gasteiger partial charge in [0.05, 0.1) is 16.1 Å². The molecule has 2 aliphatic rings. The molecule has 0 unspecified atom stereocenters. The minimum Gasteiger partial charge on any atom is -0.492 e. The molecule has 2 fully saturated rings. The van der Waals surface area contributed by atoms with Crippen LogP contribution >= 0.6 is 11.6 Å². The van der Waals surface area contributed by atoms with Gasteiger partial charge in [-0.2, -0.15) is 18.2 Å². The summed E-state index contributed by atoms with van der Waals surface area (Å²) in [5.41, 5.74) is 1.34. The first kappa shape index (κ1) is 35.0. The summed E-state index contributed by atoms with van der Waals surface area (Å²) in [5, 5.41) is 8.33. The summed E-state index contributed by atoms with van der Waals surface area (Å²) in [5.74, 6) is 3.52. The number of nitrogens with one attached hydrogen (secondary N) is 2. The number of nitrogens with zero attached hydrogens (tertiary/aromatic N) is 6. The first-order valence-corrected chi connectivity index (χ1v) is 17.3. The van der Waals surface area contributed by atoms with Crippen LogP contribution in [0.2, 0.25) is 5.02 Å². The topological polar surface area (TPSA) is 81.7 Å². The number of aromatic nitrogens is 3. The summed E-state index contributed by atoms with van der Waals surface area (Å²) in [6.45, 7) is 5.90. The molecular weight excluding hydrogens is 653 g/mol. The molecule has 1 saturated heterocycles. The quantitative estimate of drug-likeness (QED) is 0.168. The van der Waals surface area contributed by atoms with Crippen molar-refractivity contribution >= 4 is 40.1 Å². The highest BCUT2D eigenvalue weighted by atomic mass is 35.5. The van der Waals surface area contributed by atoms with Gasteiger partial charge >= 0.3 is 6.18 Å². The monoisotopic (exact) mass is 696 g/mol. The van der Waals surface area contributed by atoms with Gasteiger partial charge in [0, 0.05) is 71.0 Å². The molecule has 3 heterocycles. The zero-order valence-corrected chi connectivity index (χ0v) is 28.8. The number of anilines is 3. The number of rotatable bonds is 12. The molecule has 2 aromatic carbocycles. The third-order valence-electron chi connectivity index (χ3n) is 9.37. The smallest absolute Gasteiger partial charge is 0.417 e. The molecule has 4 aromatic rings. The van der Waals surface area contributed by atoms with Crippen molar-refractivity contribution in [3.8, 4) is 5.75 Å². The number of para-hydroxylation sites is 1. The largest absolute Gasteiger partial charge is 0.492 e. The number of pyridine rings is 1. The van der Waals surface area contributed by atoms with Crippen LogP contribution in [0.4, 0.5) is 30.8 Å². The van der Waals surface area contributed by atoms with Crippen molar-refractivity contribution in [2.24, 2.45) is 5.92 Å². The van der Waals surface area contributed by atoms with Gasteiger partial charge in [-0.3, -0.25) is 4.90 Å². The normalized spacial score (nSPS) is 18.9. The van der Waals surface area contributed by atoms with Crippen LogP contribution in [-0.4, -0.2) is 85.9 Å². The third kappa shape index (κ3) is 9.23. The van der Waals surface area contributed by atoms with E-state index in [4.69, 9.17) is 26.3 Å². The van der Waals surface area contributed by atoms with Crippen LogP contribution in [-0.2, 0) is 12.7 Å². The Kier molecular flexibility index (Phi) is 11.3. The second kappa shape index (κ2) is 15.8. The van der Waals surface area contributed by atoms with E-state index in [0.29, 0.717) is 43.4 Å². The van der Waals surface area contributed by atoms with E-state index in [0.717, 1.165) is 80.3 Å². The number of hydrogen-bond donors (Lipinski definition) is 2. The van der Waals surface area contributed by atoms with E-state index in [2.05, 4.69) is 38.7 Å². The van der Waals surface area contributed by atoms with Gasteiger partial charge in [-0.25, -0.2) is 9.97 Å². The van der Waals surface area contributed by atoms with E-state index in [1.54, 1.807) is 0 Å². The molecular formula is C36H44ClF3N8O. The van der Waals surface area contributed by atoms with Gasteiger partial charge in [0.15, 0.2) is 0 Å². The van der Waals surface area contributed by atoms with Gasteiger partial charge in [-0.15, -0.1) is 0 Å². The van der Waals surface area contributed by atoms with Crippen LogP contribution in [0, 0.1) is 5.92 Å². The lowest BCUT2D eigenvalue weighted by Crippen LogP contribution is -2.47. The molecule has 262 valence electrons. The lowest BCUT2D eigenvalue weighted by molar-refractivity contribution is -0.137. The molecule has 1 aliphatic carbocycles. The summed E-state index contributed by atoms with van der Waals surface area (Å²) < 4.78 is 44.8. The van der Waals surface area contributed by atoms with Crippen LogP contribution in [0.15, 0.2) is 60.8 Å². The molecule has 1 saturated carbocycles. The van der Waals surface area contributed by atoms with Gasteiger partial charge in [-0.1, -0.05) is 35.9 Å². The first-order chi connectivity index (χ1) is 23.6. The number of benzene rings is 2. The van der Waals surface area contributed by atoms with Gasteiger partial charge in [-0.05, 0) is 74.0 Å². The van der Waals surface area contributed by atoms with Crippen molar-refractivity contribution in [3.05, 3.63) is 76.9 Å². The molecule has 9 nitrogen and oxygen atoms in total. The minimum absolute atomic E-state index is 0.0217. The number of halogens is 4. The maximum absolute atomic E-state index is 12.9. The van der Waals surface area contributed by atoms with Crippen molar-refractivity contribution < 1.29 is 17.9 Å². The average Bonchev–Trinajstić information content (AvgIpc) is 3.09. The Labute approximate surface area is 290 Å². The predicted octanol–water partition coefficient (Wildman–Crippen LogP) is 6.72. The first-order valence-electron chi connectivity index (χ1n) is 17.0. The molecule has 49 heavy (non-hydrogen) atoms. The molecule has 0 spiro atoms.